The van der Waals surface area contributed by atoms with Crippen molar-refractivity contribution in [3.8, 4) is 0 Å². The van der Waals surface area contributed by atoms with Crippen LogP contribution in [0.1, 0.15) is 20.8 Å². The van der Waals surface area contributed by atoms with Gasteiger partial charge in [0.05, 0.1) is 9.52 Å². The van der Waals surface area contributed by atoms with E-state index in [0.29, 0.717) is 0 Å². The summed E-state index contributed by atoms with van der Waals surface area (Å²) in [5.74, 6) is 0.844. The minimum absolute atomic E-state index is 0.0345. The maximum atomic E-state index is 2.38. The lowest BCUT2D eigenvalue weighted by Crippen LogP contribution is -2.20. The van der Waals surface area contributed by atoms with E-state index in [2.05, 4.69) is 51.1 Å². The molecule has 1 aromatic rings. The van der Waals surface area contributed by atoms with Crippen molar-refractivity contribution in [2.24, 2.45) is 5.92 Å². The Hall–Kier alpha value is -0.563. The van der Waals surface area contributed by atoms with Crippen molar-refractivity contribution in [2.45, 2.75) is 26.3 Å². The highest BCUT2D eigenvalue weighted by Gasteiger charge is 2.07. The zero-order valence-electron chi connectivity index (χ0n) is 8.25. The molecule has 0 spiro atoms. The molecule has 66 valence electrons. The van der Waals surface area contributed by atoms with Crippen molar-refractivity contribution in [2.75, 3.05) is 0 Å². The van der Waals surface area contributed by atoms with Gasteiger partial charge in [-0.15, -0.1) is 0 Å². The molecule has 0 aromatic heterocycles. The van der Waals surface area contributed by atoms with Gasteiger partial charge in [-0.1, -0.05) is 56.3 Å². The van der Waals surface area contributed by atoms with Gasteiger partial charge in [-0.3, -0.25) is 0 Å². The summed E-state index contributed by atoms with van der Waals surface area (Å²) in [6, 6.07) is 10.9. The van der Waals surface area contributed by atoms with Crippen LogP contribution in [0, 0.1) is 5.92 Å². The van der Waals surface area contributed by atoms with Crippen molar-refractivity contribution >= 4 is 14.7 Å². The fourth-order valence-corrected chi connectivity index (χ4v) is 2.98. The third kappa shape index (κ3) is 2.82. The summed E-state index contributed by atoms with van der Waals surface area (Å²) < 4.78 is 0. The molecule has 1 unspecified atom stereocenters. The van der Waals surface area contributed by atoms with Crippen LogP contribution in [0.4, 0.5) is 0 Å². The third-order valence-electron chi connectivity index (χ3n) is 2.54. The first kappa shape index (κ1) is 9.52. The lowest BCUT2D eigenvalue weighted by molar-refractivity contribution is 0.621. The highest BCUT2D eigenvalue weighted by atomic mass is 28.2. The molecule has 0 heterocycles. The van der Waals surface area contributed by atoms with Crippen LogP contribution >= 0.6 is 0 Å². The van der Waals surface area contributed by atoms with Crippen molar-refractivity contribution in [1.29, 1.82) is 0 Å². The molecule has 0 saturated heterocycles. The van der Waals surface area contributed by atoms with Crippen molar-refractivity contribution in [3.05, 3.63) is 30.3 Å². The van der Waals surface area contributed by atoms with E-state index in [1.807, 2.05) is 0 Å². The van der Waals surface area contributed by atoms with Crippen LogP contribution in [0.5, 0.6) is 0 Å². The quantitative estimate of drug-likeness (QED) is 0.621. The van der Waals surface area contributed by atoms with Crippen LogP contribution < -0.4 is 5.19 Å². The minimum atomic E-state index is -0.0345. The molecule has 0 fully saturated rings. The van der Waals surface area contributed by atoms with Crippen LogP contribution in [0.2, 0.25) is 5.54 Å². The summed E-state index contributed by atoms with van der Waals surface area (Å²) in [6.45, 7) is 7.02. The second-order valence-electron chi connectivity index (χ2n) is 3.91. The van der Waals surface area contributed by atoms with E-state index >= 15 is 0 Å². The maximum Gasteiger partial charge on any atom is 0.0578 e. The first-order valence-electron chi connectivity index (χ1n) is 4.74. The predicted molar refractivity (Wildman–Crippen MR) is 58.9 cm³/mol. The molecular weight excluding hydrogens is 160 g/mol. The Labute approximate surface area is 77.8 Å². The molecule has 1 heteroatoms. The summed E-state index contributed by atoms with van der Waals surface area (Å²) in [4.78, 5) is 0. The summed E-state index contributed by atoms with van der Waals surface area (Å²) >= 11 is 0. The molecule has 0 bridgehead atoms. The molecular formula is C11H18Si. The van der Waals surface area contributed by atoms with Crippen LogP contribution in [-0.4, -0.2) is 9.52 Å². The smallest absolute Gasteiger partial charge is 0.0578 e. The van der Waals surface area contributed by atoms with E-state index in [4.69, 9.17) is 0 Å². The molecule has 1 rings (SSSR count). The lowest BCUT2D eigenvalue weighted by Gasteiger charge is -2.14. The van der Waals surface area contributed by atoms with E-state index < -0.39 is 0 Å². The molecule has 0 amide bonds. The zero-order chi connectivity index (χ0) is 8.97. The summed E-state index contributed by atoms with van der Waals surface area (Å²) in [5, 5.41) is 1.60. The van der Waals surface area contributed by atoms with Crippen LogP contribution in [0.15, 0.2) is 30.3 Å². The Morgan fingerprint density at radius 3 is 2.08 bits per heavy atom. The van der Waals surface area contributed by atoms with Crippen molar-refractivity contribution < 1.29 is 0 Å². The van der Waals surface area contributed by atoms with Gasteiger partial charge in [0, 0.05) is 0 Å². The normalized spacial score (nSPS) is 14.3. The molecule has 12 heavy (non-hydrogen) atoms. The first-order chi connectivity index (χ1) is 5.70. The topological polar surface area (TPSA) is 0 Å². The summed E-state index contributed by atoms with van der Waals surface area (Å²) in [5.41, 5.74) is 0.924. The molecule has 1 aromatic carbocycles. The number of benzene rings is 1. The van der Waals surface area contributed by atoms with Gasteiger partial charge in [-0.25, -0.2) is 0 Å². The van der Waals surface area contributed by atoms with Gasteiger partial charge in [0.25, 0.3) is 0 Å². The highest BCUT2D eigenvalue weighted by molar-refractivity contribution is 6.54. The summed E-state index contributed by atoms with van der Waals surface area (Å²) in [6.07, 6.45) is 0. The van der Waals surface area contributed by atoms with Crippen LogP contribution in [0.25, 0.3) is 0 Å². The fraction of sp³-hybridized carbons (Fsp3) is 0.455. The van der Waals surface area contributed by atoms with E-state index in [0.717, 1.165) is 11.5 Å². The third-order valence-corrected chi connectivity index (χ3v) is 5.07. The first-order valence-corrected chi connectivity index (χ1v) is 6.26. The molecule has 0 saturated carbocycles. The van der Waals surface area contributed by atoms with Gasteiger partial charge < -0.3 is 0 Å². The standard InChI is InChI=1S/C11H18Si/c1-9(2)10(3)12-11-7-5-4-6-8-11/h4-10H,12H2,1-3H3. The largest absolute Gasteiger partial charge is 0.0667 e. The molecule has 0 radical (unpaired) electrons. The minimum Gasteiger partial charge on any atom is -0.0667 e. The number of rotatable bonds is 3. The summed E-state index contributed by atoms with van der Waals surface area (Å²) in [7, 11) is -0.0345. The van der Waals surface area contributed by atoms with Crippen molar-refractivity contribution in [3.63, 3.8) is 0 Å². The van der Waals surface area contributed by atoms with Crippen LogP contribution in [-0.2, 0) is 0 Å². The number of hydrogen-bond acceptors (Lipinski definition) is 0. The van der Waals surface area contributed by atoms with E-state index in [1.54, 1.807) is 5.19 Å². The molecule has 0 nitrogen and oxygen atoms in total. The second kappa shape index (κ2) is 4.46. The molecule has 0 aliphatic carbocycles. The highest BCUT2D eigenvalue weighted by Crippen LogP contribution is 2.13. The molecule has 1 atom stereocenters. The fourth-order valence-electron chi connectivity index (χ4n) is 1.22. The SMILES string of the molecule is CC(C)C(C)[SiH2]c1ccccc1. The zero-order valence-corrected chi connectivity index (χ0v) is 9.66. The second-order valence-corrected chi connectivity index (χ2v) is 6.42. The van der Waals surface area contributed by atoms with Crippen molar-refractivity contribution in [1.82, 2.24) is 0 Å². The Morgan fingerprint density at radius 2 is 1.58 bits per heavy atom. The van der Waals surface area contributed by atoms with E-state index in [9.17, 15) is 0 Å². The maximum absolute atomic E-state index is 2.38. The Balaban J connectivity index is 2.53. The Morgan fingerprint density at radius 1 is 1.00 bits per heavy atom. The average Bonchev–Trinajstić information content (AvgIpc) is 2.06. The van der Waals surface area contributed by atoms with Gasteiger partial charge in [-0.2, -0.15) is 0 Å². The lowest BCUT2D eigenvalue weighted by atomic mass is 10.1. The van der Waals surface area contributed by atoms with Gasteiger partial charge in [0.1, 0.15) is 0 Å². The number of hydrogen-bond donors (Lipinski definition) is 0. The molecule has 0 N–H and O–H groups in total. The van der Waals surface area contributed by atoms with E-state index in [-0.39, 0.29) is 9.52 Å². The monoisotopic (exact) mass is 178 g/mol. The van der Waals surface area contributed by atoms with Gasteiger partial charge in [-0.05, 0) is 11.5 Å². The molecule has 0 aliphatic rings. The van der Waals surface area contributed by atoms with Gasteiger partial charge in [0.2, 0.25) is 0 Å². The predicted octanol–water partition coefficient (Wildman–Crippen LogP) is 1.95. The van der Waals surface area contributed by atoms with Gasteiger partial charge >= 0.3 is 0 Å². The molecule has 0 aliphatic heterocycles. The van der Waals surface area contributed by atoms with Crippen LogP contribution in [0.3, 0.4) is 0 Å². The Kier molecular flexibility index (Phi) is 3.54. The van der Waals surface area contributed by atoms with Gasteiger partial charge in [0.15, 0.2) is 0 Å². The van der Waals surface area contributed by atoms with E-state index in [1.165, 1.54) is 0 Å². The Bertz CT molecular complexity index is 216. The average molecular weight is 178 g/mol.